The Hall–Kier alpha value is -1.39. The molecule has 0 aromatic heterocycles. The Morgan fingerprint density at radius 3 is 2.18 bits per heavy atom. The molecule has 5 heteroatoms. The molecule has 0 radical (unpaired) electrons. The third-order valence-corrected chi connectivity index (χ3v) is 2.57. The van der Waals surface area contributed by atoms with Crippen molar-refractivity contribution in [2.45, 2.75) is 32.1 Å². The third-order valence-electron chi connectivity index (χ3n) is 2.57. The Morgan fingerprint density at radius 1 is 1.18 bits per heavy atom. The second-order valence-corrected chi connectivity index (χ2v) is 3.72. The molecule has 0 spiro atoms. The molecule has 0 atom stereocenters. The molecule has 0 unspecified atom stereocenters. The number of alkyl halides is 4. The van der Waals surface area contributed by atoms with Gasteiger partial charge < -0.3 is 0 Å². The number of ketones is 1. The van der Waals surface area contributed by atoms with Crippen molar-refractivity contribution in [3.8, 4) is 0 Å². The highest BCUT2D eigenvalue weighted by Crippen LogP contribution is 2.44. The summed E-state index contributed by atoms with van der Waals surface area (Å²) in [6, 6.07) is 5.01. The smallest absolute Gasteiger partial charge is 0.293 e. The highest BCUT2D eigenvalue weighted by molar-refractivity contribution is 5.84. The van der Waals surface area contributed by atoms with Gasteiger partial charge in [-0.05, 0) is 12.0 Å². The van der Waals surface area contributed by atoms with Crippen molar-refractivity contribution in [3.05, 3.63) is 35.4 Å². The first-order valence-electron chi connectivity index (χ1n) is 5.10. The second-order valence-electron chi connectivity index (χ2n) is 3.72. The van der Waals surface area contributed by atoms with Crippen molar-refractivity contribution in [2.24, 2.45) is 0 Å². The van der Waals surface area contributed by atoms with E-state index in [1.54, 1.807) is 6.92 Å². The van der Waals surface area contributed by atoms with Crippen molar-refractivity contribution >= 4 is 5.78 Å². The summed E-state index contributed by atoms with van der Waals surface area (Å²) in [7, 11) is 0. The molecule has 1 rings (SSSR count). The fraction of sp³-hybridized carbons (Fsp3) is 0.417. The van der Waals surface area contributed by atoms with Crippen LogP contribution >= 0.6 is 0 Å². The molecule has 0 amide bonds. The Kier molecular flexibility index (Phi) is 3.59. The van der Waals surface area contributed by atoms with Gasteiger partial charge in [-0.1, -0.05) is 31.2 Å². The maximum absolute atomic E-state index is 13.7. The summed E-state index contributed by atoms with van der Waals surface area (Å²) in [5.74, 6) is -11.0. The van der Waals surface area contributed by atoms with Crippen molar-refractivity contribution in [1.82, 2.24) is 0 Å². The molecule has 0 saturated heterocycles. The van der Waals surface area contributed by atoms with E-state index in [2.05, 4.69) is 0 Å². The molecule has 1 aromatic carbocycles. The second kappa shape index (κ2) is 4.47. The Labute approximate surface area is 96.4 Å². The molecule has 1 nitrogen and oxygen atoms in total. The van der Waals surface area contributed by atoms with Gasteiger partial charge in [0.25, 0.3) is 0 Å². The highest BCUT2D eigenvalue weighted by Gasteiger charge is 2.61. The van der Waals surface area contributed by atoms with Gasteiger partial charge in [0, 0.05) is 12.5 Å². The van der Waals surface area contributed by atoms with Crippen LogP contribution in [0.5, 0.6) is 0 Å². The summed E-state index contributed by atoms with van der Waals surface area (Å²) < 4.78 is 53.8. The number of hydrogen-bond donors (Lipinski definition) is 0. The van der Waals surface area contributed by atoms with E-state index in [1.165, 1.54) is 18.2 Å². The fourth-order valence-corrected chi connectivity index (χ4v) is 1.53. The lowest BCUT2D eigenvalue weighted by molar-refractivity contribution is -0.212. The zero-order chi connectivity index (χ0) is 13.3. The predicted molar refractivity (Wildman–Crippen MR) is 55.3 cm³/mol. The lowest BCUT2D eigenvalue weighted by atomic mass is 9.94. The standard InChI is InChI=1S/C12H12F4O/c1-3-9-6-4-5-7-10(9)12(15,16)11(13,14)8(2)17/h4-7H,3H2,1-2H3. The van der Waals surface area contributed by atoms with E-state index in [0.717, 1.165) is 6.07 Å². The van der Waals surface area contributed by atoms with Gasteiger partial charge in [-0.15, -0.1) is 0 Å². The molecular formula is C12H12F4O. The van der Waals surface area contributed by atoms with Gasteiger partial charge in [0.2, 0.25) is 5.78 Å². The minimum Gasteiger partial charge on any atom is -0.293 e. The normalized spacial score (nSPS) is 12.6. The molecule has 0 aliphatic heterocycles. The number of rotatable bonds is 4. The van der Waals surface area contributed by atoms with Crippen molar-refractivity contribution in [1.29, 1.82) is 0 Å². The molecule has 0 aliphatic carbocycles. The topological polar surface area (TPSA) is 17.1 Å². The Balaban J connectivity index is 3.35. The Bertz CT molecular complexity index is 426. The number of hydrogen-bond acceptors (Lipinski definition) is 1. The maximum Gasteiger partial charge on any atom is 0.371 e. The van der Waals surface area contributed by atoms with Crippen molar-refractivity contribution in [2.75, 3.05) is 0 Å². The van der Waals surface area contributed by atoms with Gasteiger partial charge >= 0.3 is 11.8 Å². The van der Waals surface area contributed by atoms with E-state index in [4.69, 9.17) is 0 Å². The first-order valence-corrected chi connectivity index (χ1v) is 5.10. The van der Waals surface area contributed by atoms with Crippen LogP contribution < -0.4 is 0 Å². The van der Waals surface area contributed by atoms with Gasteiger partial charge in [-0.3, -0.25) is 4.79 Å². The SMILES string of the molecule is CCc1ccccc1C(F)(F)C(F)(F)C(C)=O. The lowest BCUT2D eigenvalue weighted by Gasteiger charge is -2.26. The number of Topliss-reactive ketones (excluding diaryl/α,β-unsaturated/α-hetero) is 1. The quantitative estimate of drug-likeness (QED) is 0.744. The lowest BCUT2D eigenvalue weighted by Crippen LogP contribution is -2.44. The van der Waals surface area contributed by atoms with Crippen LogP contribution in [0, 0.1) is 0 Å². The summed E-state index contributed by atoms with van der Waals surface area (Å²) in [6.07, 6.45) is 0.194. The summed E-state index contributed by atoms with van der Waals surface area (Å²) in [5, 5.41) is 0. The van der Waals surface area contributed by atoms with Crippen molar-refractivity contribution < 1.29 is 22.4 Å². The molecular weight excluding hydrogens is 236 g/mol. The Morgan fingerprint density at radius 2 is 1.71 bits per heavy atom. The molecule has 0 heterocycles. The molecule has 0 fully saturated rings. The van der Waals surface area contributed by atoms with Gasteiger partial charge in [0.15, 0.2) is 0 Å². The van der Waals surface area contributed by atoms with E-state index in [1.807, 2.05) is 0 Å². The zero-order valence-electron chi connectivity index (χ0n) is 9.44. The number of benzene rings is 1. The van der Waals surface area contributed by atoms with Crippen LogP contribution in [-0.4, -0.2) is 11.7 Å². The molecule has 17 heavy (non-hydrogen) atoms. The van der Waals surface area contributed by atoms with E-state index in [9.17, 15) is 22.4 Å². The summed E-state index contributed by atoms with van der Waals surface area (Å²) >= 11 is 0. The van der Waals surface area contributed by atoms with Crippen LogP contribution in [0.4, 0.5) is 17.6 Å². The average Bonchev–Trinajstić information content (AvgIpc) is 2.28. The molecule has 0 bridgehead atoms. The molecule has 1 aromatic rings. The number of aryl methyl sites for hydroxylation is 1. The first-order chi connectivity index (χ1) is 7.75. The summed E-state index contributed by atoms with van der Waals surface area (Å²) in [5.41, 5.74) is -0.680. The zero-order valence-corrected chi connectivity index (χ0v) is 9.44. The molecule has 0 N–H and O–H groups in total. The minimum atomic E-state index is -4.68. The van der Waals surface area contributed by atoms with Crippen LogP contribution in [0.1, 0.15) is 25.0 Å². The molecule has 0 saturated carbocycles. The van der Waals surface area contributed by atoms with Crippen molar-refractivity contribution in [3.63, 3.8) is 0 Å². The molecule has 94 valence electrons. The molecule has 0 aliphatic rings. The van der Waals surface area contributed by atoms with Gasteiger partial charge in [-0.25, -0.2) is 0 Å². The highest BCUT2D eigenvalue weighted by atomic mass is 19.3. The number of carbonyl (C=O) groups is 1. The average molecular weight is 248 g/mol. The van der Waals surface area contributed by atoms with E-state index in [0.29, 0.717) is 6.92 Å². The summed E-state index contributed by atoms with van der Waals surface area (Å²) in [6.45, 7) is 2.04. The fourth-order valence-electron chi connectivity index (χ4n) is 1.53. The van der Waals surface area contributed by atoms with E-state index < -0.39 is 23.2 Å². The van der Waals surface area contributed by atoms with E-state index >= 15 is 0 Å². The van der Waals surface area contributed by atoms with Gasteiger partial charge in [0.1, 0.15) is 0 Å². The third kappa shape index (κ3) is 2.18. The van der Waals surface area contributed by atoms with Crippen LogP contribution in [0.25, 0.3) is 0 Å². The predicted octanol–water partition coefficient (Wildman–Crippen LogP) is 3.57. The number of carbonyl (C=O) groups excluding carboxylic acids is 1. The monoisotopic (exact) mass is 248 g/mol. The largest absolute Gasteiger partial charge is 0.371 e. The van der Waals surface area contributed by atoms with E-state index in [-0.39, 0.29) is 12.0 Å². The van der Waals surface area contributed by atoms with Gasteiger partial charge in [0.05, 0.1) is 0 Å². The van der Waals surface area contributed by atoms with Crippen LogP contribution in [0.3, 0.4) is 0 Å². The van der Waals surface area contributed by atoms with Crippen LogP contribution in [0.2, 0.25) is 0 Å². The maximum atomic E-state index is 13.7. The first kappa shape index (κ1) is 13.7. The van der Waals surface area contributed by atoms with Crippen LogP contribution in [-0.2, 0) is 17.1 Å². The van der Waals surface area contributed by atoms with Gasteiger partial charge in [-0.2, -0.15) is 17.6 Å². The number of halogens is 4. The summed E-state index contributed by atoms with van der Waals surface area (Å²) in [4.78, 5) is 10.7. The van der Waals surface area contributed by atoms with Crippen LogP contribution in [0.15, 0.2) is 24.3 Å². The minimum absolute atomic E-state index is 0.110.